The minimum Gasteiger partial charge on any atom is -0.255 e. The second-order valence-corrected chi connectivity index (χ2v) is 4.04. The highest BCUT2D eigenvalue weighted by atomic mass is 35.5. The Labute approximate surface area is 94.7 Å². The smallest absolute Gasteiger partial charge is 0.0708 e. The highest BCUT2D eigenvalue weighted by Gasteiger charge is 2.04. The minimum absolute atomic E-state index is 0.715. The number of aromatic nitrogens is 1. The maximum atomic E-state index is 5.95. The van der Waals surface area contributed by atoms with E-state index in [4.69, 9.17) is 11.6 Å². The quantitative estimate of drug-likeness (QED) is 0.703. The topological polar surface area (TPSA) is 12.9 Å². The molecular formula is C13H12ClN. The molecule has 0 unspecified atom stereocenters. The number of hydrogen-bond acceptors (Lipinski definition) is 1. The SMILES string of the molecule is Cc1cc(-c2ccccc2C)ncc1Cl. The third-order valence-corrected chi connectivity index (χ3v) is 2.86. The zero-order valence-electron chi connectivity index (χ0n) is 8.79. The Morgan fingerprint density at radius 3 is 2.47 bits per heavy atom. The van der Waals surface area contributed by atoms with Crippen LogP contribution in [0.4, 0.5) is 0 Å². The van der Waals surface area contributed by atoms with Gasteiger partial charge in [-0.2, -0.15) is 0 Å². The van der Waals surface area contributed by atoms with Gasteiger partial charge in [-0.25, -0.2) is 0 Å². The molecule has 0 atom stereocenters. The molecule has 0 amide bonds. The van der Waals surface area contributed by atoms with Gasteiger partial charge in [-0.3, -0.25) is 4.98 Å². The molecule has 0 fully saturated rings. The highest BCUT2D eigenvalue weighted by Crippen LogP contribution is 2.24. The lowest BCUT2D eigenvalue weighted by atomic mass is 10.0. The van der Waals surface area contributed by atoms with E-state index >= 15 is 0 Å². The Kier molecular flexibility index (Phi) is 2.74. The molecule has 0 aliphatic heterocycles. The van der Waals surface area contributed by atoms with E-state index in [-0.39, 0.29) is 0 Å². The van der Waals surface area contributed by atoms with E-state index in [0.29, 0.717) is 5.02 Å². The van der Waals surface area contributed by atoms with Crippen LogP contribution >= 0.6 is 11.6 Å². The summed E-state index contributed by atoms with van der Waals surface area (Å²) >= 11 is 5.95. The Hall–Kier alpha value is -1.34. The number of pyridine rings is 1. The molecule has 0 N–H and O–H groups in total. The fourth-order valence-corrected chi connectivity index (χ4v) is 1.65. The van der Waals surface area contributed by atoms with Gasteiger partial charge in [0.05, 0.1) is 10.7 Å². The molecule has 2 heteroatoms. The summed E-state index contributed by atoms with van der Waals surface area (Å²) in [6, 6.07) is 10.2. The number of rotatable bonds is 1. The molecular weight excluding hydrogens is 206 g/mol. The van der Waals surface area contributed by atoms with Crippen LogP contribution in [0.1, 0.15) is 11.1 Å². The fraction of sp³-hybridized carbons (Fsp3) is 0.154. The Balaban J connectivity index is 2.55. The van der Waals surface area contributed by atoms with Crippen LogP contribution in [0.25, 0.3) is 11.3 Å². The highest BCUT2D eigenvalue weighted by molar-refractivity contribution is 6.31. The summed E-state index contributed by atoms with van der Waals surface area (Å²) in [7, 11) is 0. The lowest BCUT2D eigenvalue weighted by Gasteiger charge is -2.06. The van der Waals surface area contributed by atoms with Gasteiger partial charge in [0.2, 0.25) is 0 Å². The van der Waals surface area contributed by atoms with Gasteiger partial charge in [-0.15, -0.1) is 0 Å². The van der Waals surface area contributed by atoms with Crippen molar-refractivity contribution in [3.8, 4) is 11.3 Å². The minimum atomic E-state index is 0.715. The van der Waals surface area contributed by atoms with Crippen LogP contribution in [0.15, 0.2) is 36.5 Å². The van der Waals surface area contributed by atoms with Gasteiger partial charge in [0, 0.05) is 11.8 Å². The third-order valence-electron chi connectivity index (χ3n) is 2.47. The third kappa shape index (κ3) is 2.02. The van der Waals surface area contributed by atoms with Crippen molar-refractivity contribution < 1.29 is 0 Å². The van der Waals surface area contributed by atoms with Gasteiger partial charge in [0.25, 0.3) is 0 Å². The van der Waals surface area contributed by atoms with Crippen LogP contribution in [0, 0.1) is 13.8 Å². The zero-order chi connectivity index (χ0) is 10.8. The predicted molar refractivity (Wildman–Crippen MR) is 64.2 cm³/mol. The van der Waals surface area contributed by atoms with Gasteiger partial charge in [-0.1, -0.05) is 35.9 Å². The average molecular weight is 218 g/mol. The normalized spacial score (nSPS) is 10.3. The average Bonchev–Trinajstić information content (AvgIpc) is 2.23. The molecule has 0 spiro atoms. The summed E-state index contributed by atoms with van der Waals surface area (Å²) in [5.41, 5.74) is 4.43. The summed E-state index contributed by atoms with van der Waals surface area (Å²) in [5.74, 6) is 0. The molecule has 0 bridgehead atoms. The van der Waals surface area contributed by atoms with E-state index in [0.717, 1.165) is 16.8 Å². The summed E-state index contributed by atoms with van der Waals surface area (Å²) in [6.45, 7) is 4.08. The first-order valence-corrected chi connectivity index (χ1v) is 5.24. The van der Waals surface area contributed by atoms with Crippen LogP contribution in [0.3, 0.4) is 0 Å². The van der Waals surface area contributed by atoms with Crippen molar-refractivity contribution in [1.29, 1.82) is 0 Å². The van der Waals surface area contributed by atoms with E-state index in [1.807, 2.05) is 25.1 Å². The summed E-state index contributed by atoms with van der Waals surface area (Å²) < 4.78 is 0. The lowest BCUT2D eigenvalue weighted by molar-refractivity contribution is 1.27. The number of benzene rings is 1. The Morgan fingerprint density at radius 1 is 1.07 bits per heavy atom. The number of nitrogens with zero attached hydrogens (tertiary/aromatic N) is 1. The number of halogens is 1. The van der Waals surface area contributed by atoms with Crippen LogP contribution in [0.5, 0.6) is 0 Å². The van der Waals surface area contributed by atoms with Crippen molar-refractivity contribution in [3.05, 3.63) is 52.7 Å². The molecule has 0 saturated carbocycles. The van der Waals surface area contributed by atoms with Crippen molar-refractivity contribution in [2.24, 2.45) is 0 Å². The van der Waals surface area contributed by atoms with Crippen molar-refractivity contribution in [2.45, 2.75) is 13.8 Å². The van der Waals surface area contributed by atoms with Crippen LogP contribution in [-0.2, 0) is 0 Å². The molecule has 15 heavy (non-hydrogen) atoms. The number of aryl methyl sites for hydroxylation is 2. The van der Waals surface area contributed by atoms with Gasteiger partial charge in [-0.05, 0) is 31.0 Å². The molecule has 76 valence electrons. The molecule has 1 heterocycles. The van der Waals surface area contributed by atoms with Gasteiger partial charge in [0.1, 0.15) is 0 Å². The first-order valence-electron chi connectivity index (χ1n) is 4.86. The van der Waals surface area contributed by atoms with Crippen molar-refractivity contribution in [2.75, 3.05) is 0 Å². The predicted octanol–water partition coefficient (Wildman–Crippen LogP) is 4.02. The van der Waals surface area contributed by atoms with Crippen molar-refractivity contribution in [3.63, 3.8) is 0 Å². The van der Waals surface area contributed by atoms with E-state index in [9.17, 15) is 0 Å². The molecule has 1 nitrogen and oxygen atoms in total. The van der Waals surface area contributed by atoms with Gasteiger partial charge < -0.3 is 0 Å². The fourth-order valence-electron chi connectivity index (χ4n) is 1.55. The van der Waals surface area contributed by atoms with Gasteiger partial charge in [0.15, 0.2) is 0 Å². The molecule has 0 saturated heterocycles. The Bertz CT molecular complexity index is 492. The first kappa shape index (κ1) is 10.2. The van der Waals surface area contributed by atoms with E-state index < -0.39 is 0 Å². The summed E-state index contributed by atoms with van der Waals surface area (Å²) in [6.07, 6.45) is 1.71. The summed E-state index contributed by atoms with van der Waals surface area (Å²) in [4.78, 5) is 4.34. The van der Waals surface area contributed by atoms with Crippen molar-refractivity contribution >= 4 is 11.6 Å². The van der Waals surface area contributed by atoms with Crippen LogP contribution in [-0.4, -0.2) is 4.98 Å². The largest absolute Gasteiger partial charge is 0.255 e. The van der Waals surface area contributed by atoms with E-state index in [1.165, 1.54) is 5.56 Å². The molecule has 0 aliphatic carbocycles. The second-order valence-electron chi connectivity index (χ2n) is 3.63. The number of hydrogen-bond donors (Lipinski definition) is 0. The molecule has 0 radical (unpaired) electrons. The molecule has 0 aliphatic rings. The lowest BCUT2D eigenvalue weighted by Crippen LogP contribution is -1.88. The maximum absolute atomic E-state index is 5.95. The molecule has 2 rings (SSSR count). The first-order chi connectivity index (χ1) is 7.18. The monoisotopic (exact) mass is 217 g/mol. The summed E-state index contributed by atoms with van der Waals surface area (Å²) in [5, 5.41) is 0.715. The zero-order valence-corrected chi connectivity index (χ0v) is 9.55. The maximum Gasteiger partial charge on any atom is 0.0708 e. The molecule has 1 aromatic carbocycles. The second kappa shape index (κ2) is 4.03. The Morgan fingerprint density at radius 2 is 1.80 bits per heavy atom. The van der Waals surface area contributed by atoms with Crippen molar-refractivity contribution in [1.82, 2.24) is 4.98 Å². The van der Waals surface area contributed by atoms with Crippen LogP contribution < -0.4 is 0 Å². The van der Waals surface area contributed by atoms with Crippen LogP contribution in [0.2, 0.25) is 5.02 Å². The standard InChI is InChI=1S/C13H12ClN/c1-9-5-3-4-6-11(9)13-7-10(2)12(14)8-15-13/h3-8H,1-2H3. The molecule has 1 aromatic heterocycles. The van der Waals surface area contributed by atoms with E-state index in [1.54, 1.807) is 6.20 Å². The van der Waals surface area contributed by atoms with Gasteiger partial charge >= 0.3 is 0 Å². The molecule has 2 aromatic rings. The van der Waals surface area contributed by atoms with E-state index in [2.05, 4.69) is 24.0 Å².